The fourth-order valence-electron chi connectivity index (χ4n) is 3.64. The van der Waals surface area contributed by atoms with Gasteiger partial charge in [-0.25, -0.2) is 4.98 Å². The van der Waals surface area contributed by atoms with Gasteiger partial charge in [-0.15, -0.1) is 0 Å². The van der Waals surface area contributed by atoms with Crippen molar-refractivity contribution in [1.82, 2.24) is 4.98 Å². The van der Waals surface area contributed by atoms with Crippen LogP contribution in [0, 0.1) is 13.8 Å². The van der Waals surface area contributed by atoms with Gasteiger partial charge in [0.25, 0.3) is 0 Å². The van der Waals surface area contributed by atoms with Gasteiger partial charge < -0.3 is 9.15 Å². The fourth-order valence-corrected chi connectivity index (χ4v) is 3.64. The number of ether oxygens (including phenoxy) is 1. The Morgan fingerprint density at radius 3 is 2.69 bits per heavy atom. The minimum atomic E-state index is 0.160. The number of Topliss-reactive ketones (excluding diaryl/α,β-unsaturated/α-hetero) is 1. The number of ketones is 1. The summed E-state index contributed by atoms with van der Waals surface area (Å²) >= 11 is 0. The number of oxazole rings is 1. The van der Waals surface area contributed by atoms with Crippen LogP contribution in [0.15, 0.2) is 46.9 Å². The molecule has 1 aliphatic rings. The zero-order valence-corrected chi connectivity index (χ0v) is 15.2. The normalized spacial score (nSPS) is 16.0. The Morgan fingerprint density at radius 1 is 1.15 bits per heavy atom. The van der Waals surface area contributed by atoms with Crippen LogP contribution >= 0.6 is 0 Å². The first-order valence-electron chi connectivity index (χ1n) is 8.86. The summed E-state index contributed by atoms with van der Waals surface area (Å²) in [6.07, 6.45) is 0.553. The average molecular weight is 347 g/mol. The third-order valence-electron chi connectivity index (χ3n) is 4.97. The Bertz CT molecular complexity index is 973. The van der Waals surface area contributed by atoms with Crippen molar-refractivity contribution in [3.8, 4) is 17.2 Å². The van der Waals surface area contributed by atoms with Gasteiger partial charge in [0.2, 0.25) is 5.89 Å². The summed E-state index contributed by atoms with van der Waals surface area (Å²) in [5.74, 6) is 2.36. The largest absolute Gasteiger partial charge is 0.486 e. The van der Waals surface area contributed by atoms with Crippen molar-refractivity contribution >= 4 is 5.78 Å². The van der Waals surface area contributed by atoms with Crippen LogP contribution in [0.1, 0.15) is 52.2 Å². The molecule has 2 aromatic carbocycles. The molecule has 26 heavy (non-hydrogen) atoms. The molecule has 0 saturated heterocycles. The average Bonchev–Trinajstić information content (AvgIpc) is 3.16. The number of benzene rings is 2. The molecular formula is C22H21NO3. The first-order valence-corrected chi connectivity index (χ1v) is 8.86. The monoisotopic (exact) mass is 347 g/mol. The highest BCUT2D eigenvalue weighted by Crippen LogP contribution is 2.40. The number of hydrogen-bond acceptors (Lipinski definition) is 4. The van der Waals surface area contributed by atoms with E-state index in [-0.39, 0.29) is 18.3 Å². The number of aromatic nitrogens is 1. The number of carbonyl (C=O) groups is 1. The molecule has 0 aliphatic heterocycles. The van der Waals surface area contributed by atoms with E-state index in [4.69, 9.17) is 9.15 Å². The third kappa shape index (κ3) is 2.81. The zero-order valence-electron chi connectivity index (χ0n) is 15.2. The first kappa shape index (κ1) is 16.6. The van der Waals surface area contributed by atoms with Crippen molar-refractivity contribution in [1.29, 1.82) is 0 Å². The van der Waals surface area contributed by atoms with Gasteiger partial charge >= 0.3 is 0 Å². The second-order valence-electron chi connectivity index (χ2n) is 6.87. The molecule has 1 unspecified atom stereocenters. The van der Waals surface area contributed by atoms with Crippen LogP contribution in [-0.2, 0) is 6.61 Å². The Balaban J connectivity index is 1.60. The summed E-state index contributed by atoms with van der Waals surface area (Å²) in [6.45, 7) is 6.30. The molecule has 4 nitrogen and oxygen atoms in total. The van der Waals surface area contributed by atoms with Gasteiger partial charge in [-0.05, 0) is 49.1 Å². The topological polar surface area (TPSA) is 52.3 Å². The highest BCUT2D eigenvalue weighted by atomic mass is 16.5. The van der Waals surface area contributed by atoms with Gasteiger partial charge in [0.15, 0.2) is 5.78 Å². The van der Waals surface area contributed by atoms with E-state index >= 15 is 0 Å². The summed E-state index contributed by atoms with van der Waals surface area (Å²) in [6, 6.07) is 13.7. The van der Waals surface area contributed by atoms with Crippen molar-refractivity contribution in [2.75, 3.05) is 0 Å². The molecule has 0 spiro atoms. The van der Waals surface area contributed by atoms with Crippen LogP contribution in [0.5, 0.6) is 5.75 Å². The lowest BCUT2D eigenvalue weighted by atomic mass is 9.97. The van der Waals surface area contributed by atoms with Gasteiger partial charge in [-0.2, -0.15) is 0 Å². The summed E-state index contributed by atoms with van der Waals surface area (Å²) in [7, 11) is 0. The maximum Gasteiger partial charge on any atom is 0.226 e. The number of aryl methyl sites for hydroxylation is 2. The lowest BCUT2D eigenvalue weighted by molar-refractivity contribution is 0.0986. The first-order chi connectivity index (χ1) is 12.5. The molecule has 132 valence electrons. The molecular weight excluding hydrogens is 326 g/mol. The third-order valence-corrected chi connectivity index (χ3v) is 4.97. The molecule has 4 rings (SSSR count). The highest BCUT2D eigenvalue weighted by Gasteiger charge is 2.31. The lowest BCUT2D eigenvalue weighted by Crippen LogP contribution is -2.03. The molecule has 0 N–H and O–H groups in total. The summed E-state index contributed by atoms with van der Waals surface area (Å²) in [4.78, 5) is 17.0. The molecule has 3 aromatic rings. The number of rotatable bonds is 4. The molecule has 0 bridgehead atoms. The van der Waals surface area contributed by atoms with Crippen molar-refractivity contribution in [2.24, 2.45) is 0 Å². The number of hydrogen-bond donors (Lipinski definition) is 0. The number of nitrogens with zero attached hydrogens (tertiary/aromatic N) is 1. The molecule has 1 atom stereocenters. The van der Waals surface area contributed by atoms with Crippen molar-refractivity contribution in [2.45, 2.75) is 39.7 Å². The Morgan fingerprint density at radius 2 is 1.92 bits per heavy atom. The van der Waals surface area contributed by atoms with Crippen LogP contribution in [0.3, 0.4) is 0 Å². The molecule has 0 amide bonds. The van der Waals surface area contributed by atoms with Crippen LogP contribution in [0.2, 0.25) is 0 Å². The van der Waals surface area contributed by atoms with Gasteiger partial charge in [0, 0.05) is 12.0 Å². The van der Waals surface area contributed by atoms with Crippen molar-refractivity contribution in [3.63, 3.8) is 0 Å². The van der Waals surface area contributed by atoms with Crippen LogP contribution in [0.25, 0.3) is 11.5 Å². The lowest BCUT2D eigenvalue weighted by Gasteiger charge is -2.12. The number of carbonyl (C=O) groups excluding carboxylic acids is 1. The van der Waals surface area contributed by atoms with E-state index in [0.29, 0.717) is 18.1 Å². The smallest absolute Gasteiger partial charge is 0.226 e. The second-order valence-corrected chi connectivity index (χ2v) is 6.87. The van der Waals surface area contributed by atoms with Gasteiger partial charge in [-0.1, -0.05) is 31.2 Å². The predicted octanol–water partition coefficient (Wildman–Crippen LogP) is 5.23. The molecule has 1 aliphatic carbocycles. The van der Waals surface area contributed by atoms with Gasteiger partial charge in [0.05, 0.1) is 5.56 Å². The number of fused-ring (bicyclic) bond motifs is 1. The molecule has 0 fully saturated rings. The molecule has 0 saturated carbocycles. The predicted molar refractivity (Wildman–Crippen MR) is 99.5 cm³/mol. The second kappa shape index (κ2) is 6.45. The summed E-state index contributed by atoms with van der Waals surface area (Å²) in [5.41, 5.74) is 4.68. The zero-order chi connectivity index (χ0) is 18.3. The summed E-state index contributed by atoms with van der Waals surface area (Å²) < 4.78 is 11.8. The van der Waals surface area contributed by atoms with Crippen LogP contribution < -0.4 is 4.74 Å². The van der Waals surface area contributed by atoms with E-state index in [9.17, 15) is 4.79 Å². The fraction of sp³-hybridized carbons (Fsp3) is 0.273. The minimum absolute atomic E-state index is 0.160. The van der Waals surface area contributed by atoms with E-state index in [1.54, 1.807) is 0 Å². The maximum atomic E-state index is 12.4. The molecule has 1 aromatic heterocycles. The standard InChI is InChI=1S/C22H21NO3/c1-13-9-10-19(21-18(24)11-14(2)20(13)21)25-12-17-15(3)26-22(23-17)16-7-5-4-6-8-16/h4-10,14H,11-12H2,1-3H3. The van der Waals surface area contributed by atoms with E-state index in [0.717, 1.165) is 33.7 Å². The van der Waals surface area contributed by atoms with Gasteiger partial charge in [0.1, 0.15) is 23.8 Å². The Kier molecular flexibility index (Phi) is 4.11. The van der Waals surface area contributed by atoms with Crippen molar-refractivity contribution < 1.29 is 13.9 Å². The van der Waals surface area contributed by atoms with E-state index in [1.807, 2.05) is 56.3 Å². The van der Waals surface area contributed by atoms with E-state index in [1.165, 1.54) is 0 Å². The maximum absolute atomic E-state index is 12.4. The van der Waals surface area contributed by atoms with Crippen LogP contribution in [0.4, 0.5) is 0 Å². The van der Waals surface area contributed by atoms with Crippen LogP contribution in [-0.4, -0.2) is 10.8 Å². The highest BCUT2D eigenvalue weighted by molar-refractivity contribution is 6.04. The van der Waals surface area contributed by atoms with E-state index < -0.39 is 0 Å². The minimum Gasteiger partial charge on any atom is -0.486 e. The quantitative estimate of drug-likeness (QED) is 0.649. The summed E-state index contributed by atoms with van der Waals surface area (Å²) in [5, 5.41) is 0. The Hall–Kier alpha value is -2.88. The van der Waals surface area contributed by atoms with Crippen molar-refractivity contribution in [3.05, 3.63) is 70.6 Å². The molecule has 1 heterocycles. The molecule has 0 radical (unpaired) electrons. The SMILES string of the molecule is Cc1ccc(OCc2nc(-c3ccccc3)oc2C)c2c1C(C)CC2=O. The van der Waals surface area contributed by atoms with E-state index in [2.05, 4.69) is 11.9 Å². The van der Waals surface area contributed by atoms with Gasteiger partial charge in [-0.3, -0.25) is 4.79 Å². The molecule has 4 heteroatoms. The Labute approximate surface area is 152 Å².